The fourth-order valence-corrected chi connectivity index (χ4v) is 2.95. The predicted molar refractivity (Wildman–Crippen MR) is 85.9 cm³/mol. The molecule has 1 aliphatic rings. The first kappa shape index (κ1) is 17.3. The van der Waals surface area contributed by atoms with Crippen LogP contribution >= 0.6 is 11.8 Å². The van der Waals surface area contributed by atoms with Gasteiger partial charge in [0.05, 0.1) is 0 Å². The third kappa shape index (κ3) is 5.24. The van der Waals surface area contributed by atoms with Crippen molar-refractivity contribution in [2.45, 2.75) is 19.4 Å². The molecule has 0 atom stereocenters. The minimum atomic E-state index is -0.815. The number of anilines is 1. The van der Waals surface area contributed by atoms with Gasteiger partial charge >= 0.3 is 11.9 Å². The second-order valence-electron chi connectivity index (χ2n) is 5.12. The molecule has 0 bridgehead atoms. The number of nitrogens with one attached hydrogen (secondary N) is 1. The van der Waals surface area contributed by atoms with Crippen molar-refractivity contribution in [3.05, 3.63) is 30.1 Å². The van der Waals surface area contributed by atoms with E-state index in [1.165, 1.54) is 37.7 Å². The van der Waals surface area contributed by atoms with E-state index in [0.29, 0.717) is 16.6 Å². The molecular weight excluding hydrogens is 323 g/mol. The van der Waals surface area contributed by atoms with Crippen LogP contribution in [-0.4, -0.2) is 41.6 Å². The number of carbonyl (C=O) groups excluding carboxylic acids is 2. The molecule has 0 radical (unpaired) electrons. The first-order valence-corrected chi connectivity index (χ1v) is 7.89. The molecule has 8 heteroatoms. The van der Waals surface area contributed by atoms with Gasteiger partial charge in [0.15, 0.2) is 5.17 Å². The summed E-state index contributed by atoms with van der Waals surface area (Å²) < 4.78 is 23.0. The number of thioether (sulfide) groups is 1. The van der Waals surface area contributed by atoms with Gasteiger partial charge in [-0.15, -0.1) is 0 Å². The van der Waals surface area contributed by atoms with Crippen molar-refractivity contribution in [2.24, 2.45) is 4.99 Å². The SMILES string of the molecule is CC(=O)OCC1(COC(C)=O)CSC(Nc2ccc(F)cc2)=N1. The molecule has 23 heavy (non-hydrogen) atoms. The minimum absolute atomic E-state index is 0.0250. The summed E-state index contributed by atoms with van der Waals surface area (Å²) in [5, 5.41) is 3.66. The van der Waals surface area contributed by atoms with E-state index in [0.717, 1.165) is 0 Å². The zero-order valence-electron chi connectivity index (χ0n) is 12.8. The number of hydrogen-bond donors (Lipinski definition) is 1. The topological polar surface area (TPSA) is 77.0 Å². The number of halogens is 1. The molecule has 1 aliphatic heterocycles. The molecule has 1 N–H and O–H groups in total. The number of ether oxygens (including phenoxy) is 2. The maximum Gasteiger partial charge on any atom is 0.302 e. The molecule has 0 unspecified atom stereocenters. The maximum atomic E-state index is 12.9. The zero-order chi connectivity index (χ0) is 16.9. The van der Waals surface area contributed by atoms with E-state index in [-0.39, 0.29) is 19.0 Å². The first-order valence-electron chi connectivity index (χ1n) is 6.90. The summed E-state index contributed by atoms with van der Waals surface area (Å²) in [6.45, 7) is 2.67. The second kappa shape index (κ2) is 7.45. The number of nitrogens with zero attached hydrogens (tertiary/aromatic N) is 1. The van der Waals surface area contributed by atoms with Gasteiger partial charge in [0.1, 0.15) is 24.6 Å². The lowest BCUT2D eigenvalue weighted by molar-refractivity contribution is -0.146. The van der Waals surface area contributed by atoms with Crippen LogP contribution in [0.25, 0.3) is 0 Å². The highest BCUT2D eigenvalue weighted by Gasteiger charge is 2.38. The third-order valence-electron chi connectivity index (χ3n) is 3.00. The van der Waals surface area contributed by atoms with Crippen LogP contribution in [0, 0.1) is 5.82 Å². The Kier molecular flexibility index (Phi) is 5.59. The number of amidine groups is 1. The molecular formula is C15H17FN2O4S. The quantitative estimate of drug-likeness (QED) is 0.828. The van der Waals surface area contributed by atoms with Crippen LogP contribution in [-0.2, 0) is 19.1 Å². The van der Waals surface area contributed by atoms with E-state index in [4.69, 9.17) is 9.47 Å². The van der Waals surface area contributed by atoms with Gasteiger partial charge in [-0.3, -0.25) is 9.59 Å². The van der Waals surface area contributed by atoms with Crippen LogP contribution in [0.5, 0.6) is 0 Å². The van der Waals surface area contributed by atoms with E-state index in [9.17, 15) is 14.0 Å². The molecule has 0 aliphatic carbocycles. The van der Waals surface area contributed by atoms with Crippen LogP contribution in [0.2, 0.25) is 0 Å². The monoisotopic (exact) mass is 340 g/mol. The predicted octanol–water partition coefficient (Wildman–Crippen LogP) is 2.21. The zero-order valence-corrected chi connectivity index (χ0v) is 13.6. The van der Waals surface area contributed by atoms with Crippen molar-refractivity contribution in [1.82, 2.24) is 0 Å². The van der Waals surface area contributed by atoms with Gasteiger partial charge in [-0.2, -0.15) is 0 Å². The van der Waals surface area contributed by atoms with Gasteiger partial charge < -0.3 is 14.8 Å². The highest BCUT2D eigenvalue weighted by Crippen LogP contribution is 2.30. The average Bonchev–Trinajstić information content (AvgIpc) is 2.89. The molecule has 0 saturated carbocycles. The van der Waals surface area contributed by atoms with Gasteiger partial charge in [0.25, 0.3) is 0 Å². The molecule has 0 aromatic heterocycles. The molecule has 2 rings (SSSR count). The standard InChI is InChI=1S/C15H17FN2O4S/c1-10(19)21-7-15(8-22-11(2)20)9-23-14(18-15)17-13-5-3-12(16)4-6-13/h3-6H,7-9H2,1-2H3,(H,17,18). The summed E-state index contributed by atoms with van der Waals surface area (Å²) in [6, 6.07) is 5.87. The Bertz CT molecular complexity index is 600. The molecule has 1 aromatic rings. The van der Waals surface area contributed by atoms with E-state index in [2.05, 4.69) is 10.3 Å². The Morgan fingerprint density at radius 3 is 2.30 bits per heavy atom. The van der Waals surface area contributed by atoms with E-state index in [1.807, 2.05) is 0 Å². The van der Waals surface area contributed by atoms with Gasteiger partial charge in [-0.05, 0) is 24.3 Å². The van der Waals surface area contributed by atoms with Crippen molar-refractivity contribution in [3.63, 3.8) is 0 Å². The van der Waals surface area contributed by atoms with E-state index >= 15 is 0 Å². The average molecular weight is 340 g/mol. The van der Waals surface area contributed by atoms with Crippen molar-refractivity contribution in [1.29, 1.82) is 0 Å². The highest BCUT2D eigenvalue weighted by atomic mass is 32.2. The number of rotatable bonds is 5. The van der Waals surface area contributed by atoms with Crippen molar-refractivity contribution in [3.8, 4) is 0 Å². The highest BCUT2D eigenvalue weighted by molar-refractivity contribution is 8.14. The summed E-state index contributed by atoms with van der Waals surface area (Å²) in [6.07, 6.45) is 0. The molecule has 0 amide bonds. The fourth-order valence-electron chi connectivity index (χ4n) is 1.86. The van der Waals surface area contributed by atoms with Crippen molar-refractivity contribution in [2.75, 3.05) is 24.3 Å². The largest absolute Gasteiger partial charge is 0.463 e. The van der Waals surface area contributed by atoms with Crippen molar-refractivity contribution < 1.29 is 23.5 Å². The third-order valence-corrected chi connectivity index (χ3v) is 4.15. The molecule has 0 fully saturated rings. The van der Waals surface area contributed by atoms with Crippen LogP contribution in [0.4, 0.5) is 10.1 Å². The van der Waals surface area contributed by atoms with Crippen LogP contribution in [0.1, 0.15) is 13.8 Å². The summed E-state index contributed by atoms with van der Waals surface area (Å²) in [7, 11) is 0. The molecule has 6 nitrogen and oxygen atoms in total. The lowest BCUT2D eigenvalue weighted by Gasteiger charge is -2.23. The van der Waals surface area contributed by atoms with Gasteiger partial charge in [0.2, 0.25) is 0 Å². The Balaban J connectivity index is 2.09. The van der Waals surface area contributed by atoms with Gasteiger partial charge in [0, 0.05) is 25.3 Å². The lowest BCUT2D eigenvalue weighted by Crippen LogP contribution is -2.40. The first-order chi connectivity index (χ1) is 10.9. The Morgan fingerprint density at radius 1 is 1.22 bits per heavy atom. The van der Waals surface area contributed by atoms with Crippen LogP contribution < -0.4 is 5.32 Å². The molecule has 0 saturated heterocycles. The van der Waals surface area contributed by atoms with Crippen molar-refractivity contribution >= 4 is 34.6 Å². The Morgan fingerprint density at radius 2 is 1.78 bits per heavy atom. The Hall–Kier alpha value is -2.09. The number of aliphatic imine (C=N–C) groups is 1. The van der Waals surface area contributed by atoms with Crippen LogP contribution in [0.3, 0.4) is 0 Å². The summed E-state index contributed by atoms with van der Waals surface area (Å²) in [5.41, 5.74) is -0.127. The normalized spacial score (nSPS) is 15.7. The summed E-state index contributed by atoms with van der Waals surface area (Å²) in [4.78, 5) is 26.6. The van der Waals surface area contributed by atoms with Gasteiger partial charge in [-0.25, -0.2) is 9.38 Å². The minimum Gasteiger partial charge on any atom is -0.463 e. The maximum absolute atomic E-state index is 12.9. The lowest BCUT2D eigenvalue weighted by atomic mass is 10.1. The van der Waals surface area contributed by atoms with E-state index < -0.39 is 17.5 Å². The summed E-state index contributed by atoms with van der Waals surface area (Å²) in [5.74, 6) is -0.674. The van der Waals surface area contributed by atoms with Crippen LogP contribution in [0.15, 0.2) is 29.3 Å². The number of hydrogen-bond acceptors (Lipinski definition) is 7. The number of carbonyl (C=O) groups is 2. The smallest absolute Gasteiger partial charge is 0.302 e. The van der Waals surface area contributed by atoms with Gasteiger partial charge in [-0.1, -0.05) is 11.8 Å². The molecule has 1 aromatic carbocycles. The molecule has 0 spiro atoms. The number of benzene rings is 1. The molecule has 1 heterocycles. The fraction of sp³-hybridized carbons (Fsp3) is 0.400. The Labute approximate surface area is 137 Å². The van der Waals surface area contributed by atoms with E-state index in [1.54, 1.807) is 12.1 Å². The second-order valence-corrected chi connectivity index (χ2v) is 6.09. The molecule has 124 valence electrons. The number of esters is 2. The summed E-state index contributed by atoms with van der Waals surface area (Å²) >= 11 is 1.41.